The van der Waals surface area contributed by atoms with Gasteiger partial charge < -0.3 is 9.90 Å². The summed E-state index contributed by atoms with van der Waals surface area (Å²) in [6.45, 7) is 0. The summed E-state index contributed by atoms with van der Waals surface area (Å²) in [5.41, 5.74) is 1.02. The molecule has 1 aliphatic carbocycles. The maximum absolute atomic E-state index is 11.4. The third kappa shape index (κ3) is 1.01. The van der Waals surface area contributed by atoms with Gasteiger partial charge in [0.05, 0.1) is 6.10 Å². The van der Waals surface area contributed by atoms with Gasteiger partial charge in [0, 0.05) is 5.56 Å². The van der Waals surface area contributed by atoms with Crippen LogP contribution in [0.1, 0.15) is 22.0 Å². The Morgan fingerprint density at radius 3 is 2.62 bits per heavy atom. The summed E-state index contributed by atoms with van der Waals surface area (Å²) in [5.74, 6) is -1.18. The lowest BCUT2D eigenvalue weighted by molar-refractivity contribution is -0.112. The first-order valence-corrected chi connectivity index (χ1v) is 4.02. The number of carbonyl (C=O) groups is 2. The van der Waals surface area contributed by atoms with Gasteiger partial charge in [-0.05, 0) is 5.56 Å². The fourth-order valence-electron chi connectivity index (χ4n) is 1.63. The molecule has 0 spiro atoms. The van der Waals surface area contributed by atoms with Crippen molar-refractivity contribution < 1.29 is 14.7 Å². The van der Waals surface area contributed by atoms with Gasteiger partial charge in [0.15, 0.2) is 5.78 Å². The van der Waals surface area contributed by atoms with Crippen molar-refractivity contribution in [2.45, 2.75) is 6.10 Å². The summed E-state index contributed by atoms with van der Waals surface area (Å²) in [5, 5.41) is 9.56. The van der Waals surface area contributed by atoms with Crippen LogP contribution in [-0.2, 0) is 4.79 Å². The molecule has 0 saturated carbocycles. The van der Waals surface area contributed by atoms with Crippen molar-refractivity contribution in [2.75, 3.05) is 0 Å². The molecule has 2 unspecified atom stereocenters. The first kappa shape index (κ1) is 8.13. The second-order valence-electron chi connectivity index (χ2n) is 3.06. The van der Waals surface area contributed by atoms with E-state index < -0.39 is 12.0 Å². The van der Waals surface area contributed by atoms with Gasteiger partial charge in [0.2, 0.25) is 0 Å². The van der Waals surface area contributed by atoms with E-state index in [-0.39, 0.29) is 5.78 Å². The molecule has 1 aliphatic rings. The molecule has 2 atom stereocenters. The Morgan fingerprint density at radius 2 is 2.00 bits per heavy atom. The maximum Gasteiger partial charge on any atom is 0.176 e. The number of hydrogen-bond acceptors (Lipinski definition) is 3. The summed E-state index contributed by atoms with van der Waals surface area (Å²) in [7, 11) is 0. The topological polar surface area (TPSA) is 54.4 Å². The third-order valence-corrected chi connectivity index (χ3v) is 2.33. The maximum atomic E-state index is 11.4. The Hall–Kier alpha value is -1.48. The summed E-state index contributed by atoms with van der Waals surface area (Å²) >= 11 is 0. The standard InChI is InChI=1S/C10H8O3/c11-5-8-9(12)6-3-1-2-4-7(6)10(8)13/h1-5,8-9,12H. The van der Waals surface area contributed by atoms with Crippen molar-refractivity contribution in [3.05, 3.63) is 35.4 Å². The predicted octanol–water partition coefficient (Wildman–Crippen LogP) is 0.731. The minimum absolute atomic E-state index is 0.280. The summed E-state index contributed by atoms with van der Waals surface area (Å²) in [6.07, 6.45) is -0.450. The Balaban J connectivity index is 2.56. The Labute approximate surface area is 75.0 Å². The zero-order chi connectivity index (χ0) is 9.42. The normalized spacial score (nSPS) is 25.8. The van der Waals surface area contributed by atoms with Crippen molar-refractivity contribution in [3.8, 4) is 0 Å². The smallest absolute Gasteiger partial charge is 0.176 e. The Kier molecular flexibility index (Phi) is 1.74. The van der Waals surface area contributed by atoms with Gasteiger partial charge in [-0.3, -0.25) is 4.79 Å². The fraction of sp³-hybridized carbons (Fsp3) is 0.200. The van der Waals surface area contributed by atoms with E-state index in [0.29, 0.717) is 17.4 Å². The Bertz CT molecular complexity index is 370. The number of ketones is 1. The number of hydrogen-bond donors (Lipinski definition) is 1. The summed E-state index contributed by atoms with van der Waals surface area (Å²) in [6, 6.07) is 6.75. The molecular formula is C10H8O3. The molecule has 0 saturated heterocycles. The lowest BCUT2D eigenvalue weighted by atomic mass is 10.1. The highest BCUT2D eigenvalue weighted by Crippen LogP contribution is 2.34. The molecule has 3 heteroatoms. The van der Waals surface area contributed by atoms with Crippen molar-refractivity contribution in [1.29, 1.82) is 0 Å². The van der Waals surface area contributed by atoms with Crippen LogP contribution >= 0.6 is 0 Å². The molecule has 0 radical (unpaired) electrons. The monoisotopic (exact) mass is 176 g/mol. The molecule has 3 nitrogen and oxygen atoms in total. The van der Waals surface area contributed by atoms with Gasteiger partial charge in [-0.25, -0.2) is 0 Å². The van der Waals surface area contributed by atoms with Crippen molar-refractivity contribution in [3.63, 3.8) is 0 Å². The summed E-state index contributed by atoms with van der Waals surface area (Å²) in [4.78, 5) is 22.0. The highest BCUT2D eigenvalue weighted by molar-refractivity contribution is 6.09. The van der Waals surface area contributed by atoms with E-state index >= 15 is 0 Å². The largest absolute Gasteiger partial charge is 0.387 e. The molecule has 0 amide bonds. The van der Waals surface area contributed by atoms with Gasteiger partial charge in [-0.1, -0.05) is 24.3 Å². The molecule has 0 fully saturated rings. The number of aliphatic hydroxyl groups excluding tert-OH is 1. The van der Waals surface area contributed by atoms with Crippen LogP contribution in [0.2, 0.25) is 0 Å². The van der Waals surface area contributed by atoms with E-state index in [1.807, 2.05) is 0 Å². The molecule has 2 rings (SSSR count). The third-order valence-electron chi connectivity index (χ3n) is 2.33. The minimum atomic E-state index is -0.957. The second kappa shape index (κ2) is 2.78. The molecule has 1 aromatic rings. The summed E-state index contributed by atoms with van der Waals surface area (Å²) < 4.78 is 0. The molecule has 66 valence electrons. The van der Waals surface area contributed by atoms with Crippen LogP contribution in [0.4, 0.5) is 0 Å². The molecule has 0 heterocycles. The first-order valence-electron chi connectivity index (χ1n) is 4.02. The highest BCUT2D eigenvalue weighted by Gasteiger charge is 2.37. The number of aldehydes is 1. The van der Waals surface area contributed by atoms with Crippen LogP contribution in [-0.4, -0.2) is 17.2 Å². The molecule has 0 bridgehead atoms. The van der Waals surface area contributed by atoms with Crippen LogP contribution in [0.25, 0.3) is 0 Å². The quantitative estimate of drug-likeness (QED) is 0.507. The van der Waals surface area contributed by atoms with Gasteiger partial charge in [0.1, 0.15) is 12.2 Å². The molecule has 13 heavy (non-hydrogen) atoms. The van der Waals surface area contributed by atoms with Crippen LogP contribution in [0.5, 0.6) is 0 Å². The first-order chi connectivity index (χ1) is 6.25. The average molecular weight is 176 g/mol. The van der Waals surface area contributed by atoms with Crippen LogP contribution in [0.15, 0.2) is 24.3 Å². The fourth-order valence-corrected chi connectivity index (χ4v) is 1.63. The van der Waals surface area contributed by atoms with Gasteiger partial charge in [-0.2, -0.15) is 0 Å². The number of fused-ring (bicyclic) bond motifs is 1. The number of Topliss-reactive ketones (excluding diaryl/α,β-unsaturated/α-hetero) is 1. The van der Waals surface area contributed by atoms with E-state index in [1.165, 1.54) is 0 Å². The zero-order valence-corrected chi connectivity index (χ0v) is 6.81. The Morgan fingerprint density at radius 1 is 1.31 bits per heavy atom. The number of rotatable bonds is 1. The molecule has 0 aliphatic heterocycles. The van der Waals surface area contributed by atoms with Gasteiger partial charge in [-0.15, -0.1) is 0 Å². The average Bonchev–Trinajstić information content (AvgIpc) is 2.41. The highest BCUT2D eigenvalue weighted by atomic mass is 16.3. The zero-order valence-electron chi connectivity index (χ0n) is 6.81. The van der Waals surface area contributed by atoms with Crippen LogP contribution in [0.3, 0.4) is 0 Å². The number of carbonyl (C=O) groups excluding carboxylic acids is 2. The molecule has 1 aromatic carbocycles. The predicted molar refractivity (Wildman–Crippen MR) is 45.3 cm³/mol. The minimum Gasteiger partial charge on any atom is -0.387 e. The van der Waals surface area contributed by atoms with Gasteiger partial charge in [0.25, 0.3) is 0 Å². The van der Waals surface area contributed by atoms with Crippen LogP contribution < -0.4 is 0 Å². The van der Waals surface area contributed by atoms with E-state index in [0.717, 1.165) is 0 Å². The van der Waals surface area contributed by atoms with Crippen molar-refractivity contribution in [2.24, 2.45) is 5.92 Å². The lowest BCUT2D eigenvalue weighted by Gasteiger charge is -2.04. The molecule has 1 N–H and O–H groups in total. The van der Waals surface area contributed by atoms with E-state index in [9.17, 15) is 14.7 Å². The van der Waals surface area contributed by atoms with Crippen molar-refractivity contribution >= 4 is 12.1 Å². The van der Waals surface area contributed by atoms with E-state index in [1.54, 1.807) is 24.3 Å². The number of benzene rings is 1. The second-order valence-corrected chi connectivity index (χ2v) is 3.06. The van der Waals surface area contributed by atoms with Crippen molar-refractivity contribution in [1.82, 2.24) is 0 Å². The molecule has 0 aromatic heterocycles. The van der Waals surface area contributed by atoms with Crippen LogP contribution in [0, 0.1) is 5.92 Å². The molecular weight excluding hydrogens is 168 g/mol. The van der Waals surface area contributed by atoms with E-state index in [2.05, 4.69) is 0 Å². The van der Waals surface area contributed by atoms with Gasteiger partial charge >= 0.3 is 0 Å². The van der Waals surface area contributed by atoms with E-state index in [4.69, 9.17) is 0 Å². The SMILES string of the molecule is O=CC1C(=O)c2ccccc2C1O. The lowest BCUT2D eigenvalue weighted by Crippen LogP contribution is -2.14. The number of aliphatic hydroxyl groups is 1.